The van der Waals surface area contributed by atoms with Crippen LogP contribution in [0.1, 0.15) is 17.5 Å². The number of methoxy groups -OCH3 is 1. The molecule has 0 spiro atoms. The fourth-order valence-corrected chi connectivity index (χ4v) is 2.77. The van der Waals surface area contributed by atoms with Gasteiger partial charge in [0.1, 0.15) is 5.75 Å². The highest BCUT2D eigenvalue weighted by molar-refractivity contribution is 5.92. The van der Waals surface area contributed by atoms with E-state index < -0.39 is 0 Å². The van der Waals surface area contributed by atoms with E-state index in [9.17, 15) is 4.79 Å². The van der Waals surface area contributed by atoms with Crippen molar-refractivity contribution in [3.05, 3.63) is 77.9 Å². The fraction of sp³-hybridized carbons (Fsp3) is 0.190. The predicted octanol–water partition coefficient (Wildman–Crippen LogP) is 4.02. The number of benzene rings is 2. The highest BCUT2D eigenvalue weighted by Gasteiger charge is 2.15. The summed E-state index contributed by atoms with van der Waals surface area (Å²) in [6, 6.07) is 18.0. The van der Waals surface area contributed by atoms with Crippen LogP contribution >= 0.6 is 0 Å². The average molecular weight is 319 g/mol. The minimum Gasteiger partial charge on any atom is -0.497 e. The van der Waals surface area contributed by atoms with Crippen molar-refractivity contribution < 1.29 is 9.53 Å². The molecule has 1 amide bonds. The molecule has 3 nitrogen and oxygen atoms in total. The van der Waals surface area contributed by atoms with Crippen LogP contribution in [0.4, 0.5) is 0 Å². The molecule has 2 aromatic rings. The number of carbonyl (C=O) groups is 1. The maximum Gasteiger partial charge on any atom is 0.246 e. The summed E-state index contributed by atoms with van der Waals surface area (Å²) in [6.07, 6.45) is 6.53. The van der Waals surface area contributed by atoms with Crippen LogP contribution < -0.4 is 4.74 Å². The Labute approximate surface area is 142 Å². The smallest absolute Gasteiger partial charge is 0.246 e. The van der Waals surface area contributed by atoms with E-state index in [1.54, 1.807) is 13.2 Å². The average Bonchev–Trinajstić information content (AvgIpc) is 2.67. The van der Waals surface area contributed by atoms with E-state index in [0.717, 1.165) is 24.3 Å². The van der Waals surface area contributed by atoms with Gasteiger partial charge in [-0.15, -0.1) is 0 Å². The van der Waals surface area contributed by atoms with E-state index in [4.69, 9.17) is 4.74 Å². The van der Waals surface area contributed by atoms with Gasteiger partial charge in [-0.1, -0.05) is 48.5 Å². The van der Waals surface area contributed by atoms with Crippen molar-refractivity contribution >= 4 is 17.6 Å². The van der Waals surface area contributed by atoms with E-state index in [2.05, 4.69) is 18.2 Å². The molecule has 0 aromatic heterocycles. The molecule has 0 N–H and O–H groups in total. The third kappa shape index (κ3) is 3.93. The lowest BCUT2D eigenvalue weighted by atomic mass is 9.99. The van der Waals surface area contributed by atoms with Crippen LogP contribution in [0.5, 0.6) is 5.75 Å². The zero-order valence-electron chi connectivity index (χ0n) is 13.8. The largest absolute Gasteiger partial charge is 0.497 e. The van der Waals surface area contributed by atoms with Gasteiger partial charge < -0.3 is 9.64 Å². The third-order valence-electron chi connectivity index (χ3n) is 4.20. The molecule has 1 aliphatic heterocycles. The lowest BCUT2D eigenvalue weighted by Crippen LogP contribution is -2.33. The summed E-state index contributed by atoms with van der Waals surface area (Å²) >= 11 is 0. The van der Waals surface area contributed by atoms with E-state index in [1.165, 1.54) is 11.1 Å². The summed E-state index contributed by atoms with van der Waals surface area (Å²) in [6.45, 7) is 1.42. The first-order valence-corrected chi connectivity index (χ1v) is 8.12. The molecule has 0 bridgehead atoms. The van der Waals surface area contributed by atoms with Gasteiger partial charge in [0.05, 0.1) is 7.11 Å². The molecular formula is C21H21NO2. The number of hydrogen-bond acceptors (Lipinski definition) is 2. The third-order valence-corrected chi connectivity index (χ3v) is 4.20. The van der Waals surface area contributed by atoms with E-state index >= 15 is 0 Å². The Hall–Kier alpha value is -2.81. The summed E-state index contributed by atoms with van der Waals surface area (Å²) in [5.74, 6) is 0.863. The highest BCUT2D eigenvalue weighted by Crippen LogP contribution is 2.22. The molecule has 0 aliphatic carbocycles. The van der Waals surface area contributed by atoms with Crippen molar-refractivity contribution in [1.82, 2.24) is 4.90 Å². The molecular weight excluding hydrogens is 298 g/mol. The molecule has 1 heterocycles. The van der Waals surface area contributed by atoms with E-state index in [-0.39, 0.29) is 5.91 Å². The Morgan fingerprint density at radius 1 is 1.08 bits per heavy atom. The molecule has 24 heavy (non-hydrogen) atoms. The second kappa shape index (κ2) is 7.64. The SMILES string of the molecule is COc1ccc(C=CC(=O)N2CC=C(c3ccccc3)CC2)cc1. The second-order valence-corrected chi connectivity index (χ2v) is 5.74. The van der Waals surface area contributed by atoms with Crippen molar-refractivity contribution in [3.8, 4) is 5.75 Å². The summed E-state index contributed by atoms with van der Waals surface area (Å²) in [5, 5.41) is 0. The summed E-state index contributed by atoms with van der Waals surface area (Å²) in [7, 11) is 1.64. The summed E-state index contributed by atoms with van der Waals surface area (Å²) < 4.78 is 5.13. The van der Waals surface area contributed by atoms with Crippen molar-refractivity contribution in [2.75, 3.05) is 20.2 Å². The topological polar surface area (TPSA) is 29.5 Å². The molecule has 3 heteroatoms. The summed E-state index contributed by atoms with van der Waals surface area (Å²) in [4.78, 5) is 14.2. The van der Waals surface area contributed by atoms with Crippen LogP contribution in [0.15, 0.2) is 66.7 Å². The van der Waals surface area contributed by atoms with E-state index in [1.807, 2.05) is 53.4 Å². The van der Waals surface area contributed by atoms with Gasteiger partial charge in [-0.3, -0.25) is 4.79 Å². The maximum absolute atomic E-state index is 12.3. The Bertz CT molecular complexity index is 745. The van der Waals surface area contributed by atoms with Crippen LogP contribution in [0, 0.1) is 0 Å². The number of amides is 1. The van der Waals surface area contributed by atoms with Crippen molar-refractivity contribution in [2.45, 2.75) is 6.42 Å². The first-order chi connectivity index (χ1) is 11.8. The molecule has 0 saturated carbocycles. The number of rotatable bonds is 4. The van der Waals surface area contributed by atoms with Crippen molar-refractivity contribution in [3.63, 3.8) is 0 Å². The van der Waals surface area contributed by atoms with Gasteiger partial charge >= 0.3 is 0 Å². The fourth-order valence-electron chi connectivity index (χ4n) is 2.77. The minimum absolute atomic E-state index is 0.0502. The van der Waals surface area contributed by atoms with Crippen LogP contribution in [0.25, 0.3) is 11.6 Å². The maximum atomic E-state index is 12.3. The zero-order chi connectivity index (χ0) is 16.8. The highest BCUT2D eigenvalue weighted by atomic mass is 16.5. The van der Waals surface area contributed by atoms with Gasteiger partial charge in [-0.05, 0) is 41.3 Å². The Kier molecular flexibility index (Phi) is 5.12. The lowest BCUT2D eigenvalue weighted by Gasteiger charge is -2.25. The van der Waals surface area contributed by atoms with Crippen LogP contribution in [0.2, 0.25) is 0 Å². The van der Waals surface area contributed by atoms with Crippen LogP contribution in [-0.4, -0.2) is 31.0 Å². The van der Waals surface area contributed by atoms with Gasteiger partial charge in [0.15, 0.2) is 0 Å². The quantitative estimate of drug-likeness (QED) is 0.797. The van der Waals surface area contributed by atoms with Gasteiger partial charge in [-0.2, -0.15) is 0 Å². The monoisotopic (exact) mass is 319 g/mol. The van der Waals surface area contributed by atoms with Gasteiger partial charge in [0, 0.05) is 19.2 Å². The molecule has 0 radical (unpaired) electrons. The molecule has 122 valence electrons. The summed E-state index contributed by atoms with van der Waals surface area (Å²) in [5.41, 5.74) is 3.55. The number of hydrogen-bond donors (Lipinski definition) is 0. The number of ether oxygens (including phenoxy) is 1. The van der Waals surface area contributed by atoms with Gasteiger partial charge in [0.2, 0.25) is 5.91 Å². The number of nitrogens with zero attached hydrogens (tertiary/aromatic N) is 1. The molecule has 0 atom stereocenters. The molecule has 2 aromatic carbocycles. The molecule has 0 fully saturated rings. The van der Waals surface area contributed by atoms with E-state index in [0.29, 0.717) is 6.54 Å². The first-order valence-electron chi connectivity index (χ1n) is 8.12. The van der Waals surface area contributed by atoms with Crippen LogP contribution in [0.3, 0.4) is 0 Å². The Balaban J connectivity index is 1.60. The molecule has 1 aliphatic rings. The minimum atomic E-state index is 0.0502. The predicted molar refractivity (Wildman–Crippen MR) is 97.6 cm³/mol. The standard InChI is InChI=1S/C21H21NO2/c1-24-20-10-7-17(8-11-20)9-12-21(23)22-15-13-19(14-16-22)18-5-3-2-4-6-18/h2-13H,14-16H2,1H3. The van der Waals surface area contributed by atoms with Gasteiger partial charge in [-0.25, -0.2) is 0 Å². The number of carbonyl (C=O) groups excluding carboxylic acids is 1. The second-order valence-electron chi connectivity index (χ2n) is 5.74. The first kappa shape index (κ1) is 16.1. The Morgan fingerprint density at radius 2 is 1.83 bits per heavy atom. The molecule has 3 rings (SSSR count). The molecule has 0 saturated heterocycles. The Morgan fingerprint density at radius 3 is 2.46 bits per heavy atom. The van der Waals surface area contributed by atoms with Crippen molar-refractivity contribution in [1.29, 1.82) is 0 Å². The zero-order valence-corrected chi connectivity index (χ0v) is 13.8. The lowest BCUT2D eigenvalue weighted by molar-refractivity contribution is -0.125. The molecule has 0 unspecified atom stereocenters. The van der Waals surface area contributed by atoms with Crippen molar-refractivity contribution in [2.24, 2.45) is 0 Å². The normalized spacial score (nSPS) is 14.5. The van der Waals surface area contributed by atoms with Gasteiger partial charge in [0.25, 0.3) is 0 Å². The van der Waals surface area contributed by atoms with Crippen LogP contribution in [-0.2, 0) is 4.79 Å².